The molecule has 3 aromatic carbocycles. The molecule has 2 aliphatic heterocycles. The number of carbonyl (C=O) groups is 2. The van der Waals surface area contributed by atoms with E-state index in [1.807, 2.05) is 0 Å². The van der Waals surface area contributed by atoms with Crippen LogP contribution in [0.5, 0.6) is 5.75 Å². The number of phenols is 1. The maximum absolute atomic E-state index is 13.7. The van der Waals surface area contributed by atoms with E-state index >= 15 is 0 Å². The lowest BCUT2D eigenvalue weighted by atomic mass is 9.78. The summed E-state index contributed by atoms with van der Waals surface area (Å²) in [6.45, 7) is 0. The van der Waals surface area contributed by atoms with E-state index < -0.39 is 66.4 Å². The summed E-state index contributed by atoms with van der Waals surface area (Å²) in [6, 6.07) is 16.5. The van der Waals surface area contributed by atoms with Crippen LogP contribution in [0.3, 0.4) is 0 Å². The molecule has 8 atom stereocenters. The number of β-lactam (4-membered cyclic amide) rings is 1. The van der Waals surface area contributed by atoms with Gasteiger partial charge in [0.2, 0.25) is 5.91 Å². The number of phenolic OH excluding ortho intramolecular Hbond substituents is 1. The zero-order valence-electron chi connectivity index (χ0n) is 22.0. The van der Waals surface area contributed by atoms with E-state index in [2.05, 4.69) is 0 Å². The summed E-state index contributed by atoms with van der Waals surface area (Å²) >= 11 is 0. The third kappa shape index (κ3) is 5.85. The first-order valence-corrected chi connectivity index (χ1v) is 13.3. The van der Waals surface area contributed by atoms with Crippen LogP contribution in [0, 0.1) is 17.6 Å². The molecule has 0 aliphatic carbocycles. The number of aliphatic carboxylic acids is 1. The van der Waals surface area contributed by atoms with Gasteiger partial charge in [0.25, 0.3) is 0 Å². The number of hydrogen-bond donors (Lipinski definition) is 5. The van der Waals surface area contributed by atoms with Crippen molar-refractivity contribution in [3.05, 3.63) is 95.6 Å². The minimum absolute atomic E-state index is 0.0390. The molecule has 42 heavy (non-hydrogen) atoms. The fourth-order valence-corrected chi connectivity index (χ4v) is 5.42. The van der Waals surface area contributed by atoms with Gasteiger partial charge in [0, 0.05) is 5.69 Å². The monoisotopic (exact) mass is 585 g/mol. The number of anilines is 1. The number of carboxylic acid groups (broad SMARTS) is 1. The number of aromatic hydroxyl groups is 1. The van der Waals surface area contributed by atoms with E-state index in [1.54, 1.807) is 12.1 Å². The van der Waals surface area contributed by atoms with Crippen LogP contribution >= 0.6 is 0 Å². The standard InChI is InChI=1S/C30H29F2NO9/c31-17-5-1-15(2-6-17)22(41-30-26(37)24(35)25(36)27(42-30)29(39)40)14-13-21-23(16-3-11-20(34)12-4-16)33(28(21)38)19-9-7-18(32)8-10-19/h1-12,21-27,30,34-37H,13-14H2,(H,39,40)/t21-,22+,23-,24?,25?,26?,27?,30?/m1/s1. The summed E-state index contributed by atoms with van der Waals surface area (Å²) in [6.07, 6.45) is -9.75. The maximum atomic E-state index is 13.7. The molecule has 0 bridgehead atoms. The number of ether oxygens (including phenoxy) is 2. The lowest BCUT2D eigenvalue weighted by molar-refractivity contribution is -0.306. The first-order chi connectivity index (χ1) is 20.0. The predicted octanol–water partition coefficient (Wildman–Crippen LogP) is 2.80. The van der Waals surface area contributed by atoms with Crippen LogP contribution in [0.4, 0.5) is 14.5 Å². The smallest absolute Gasteiger partial charge is 0.335 e. The zero-order chi connectivity index (χ0) is 30.1. The second kappa shape index (κ2) is 12.1. The molecule has 5 rings (SSSR count). The highest BCUT2D eigenvalue weighted by Gasteiger charge is 2.50. The largest absolute Gasteiger partial charge is 0.508 e. The SMILES string of the molecule is O=C(O)C1OC(O[C@@H](CC[C@H]2C(=O)N(c3ccc(F)cc3)[C@@H]2c2ccc(O)cc2)c2ccc(F)cc2)C(O)C(O)C1O. The topological polar surface area (TPSA) is 157 Å². The molecule has 3 aromatic rings. The van der Waals surface area contributed by atoms with Crippen LogP contribution in [-0.2, 0) is 19.1 Å². The maximum Gasteiger partial charge on any atom is 0.335 e. The number of rotatable bonds is 9. The highest BCUT2D eigenvalue weighted by molar-refractivity contribution is 6.03. The van der Waals surface area contributed by atoms with Gasteiger partial charge < -0.3 is 39.9 Å². The van der Waals surface area contributed by atoms with Crippen molar-refractivity contribution in [2.45, 2.75) is 55.7 Å². The van der Waals surface area contributed by atoms with Crippen LogP contribution in [0.15, 0.2) is 72.8 Å². The fraction of sp³-hybridized carbons (Fsp3) is 0.333. The van der Waals surface area contributed by atoms with Crippen LogP contribution in [0.2, 0.25) is 0 Å². The van der Waals surface area contributed by atoms with Crippen molar-refractivity contribution in [2.24, 2.45) is 5.92 Å². The number of carboxylic acids is 1. The minimum Gasteiger partial charge on any atom is -0.508 e. The van der Waals surface area contributed by atoms with Crippen LogP contribution in [0.1, 0.15) is 36.1 Å². The molecular weight excluding hydrogens is 556 g/mol. The van der Waals surface area contributed by atoms with Crippen molar-refractivity contribution in [3.63, 3.8) is 0 Å². The van der Waals surface area contributed by atoms with E-state index in [9.17, 15) is 43.9 Å². The number of hydrogen-bond acceptors (Lipinski definition) is 8. The number of aliphatic hydroxyl groups is 3. The first-order valence-electron chi connectivity index (χ1n) is 13.3. The van der Waals surface area contributed by atoms with Gasteiger partial charge in [-0.1, -0.05) is 24.3 Å². The average Bonchev–Trinajstić information content (AvgIpc) is 2.97. The van der Waals surface area contributed by atoms with E-state index in [0.29, 0.717) is 16.8 Å². The Morgan fingerprint density at radius 1 is 0.881 bits per heavy atom. The molecule has 10 nitrogen and oxygen atoms in total. The summed E-state index contributed by atoms with van der Waals surface area (Å²) in [5.41, 5.74) is 1.63. The third-order valence-corrected chi connectivity index (χ3v) is 7.65. The normalized spacial score (nSPS) is 28.3. The molecular formula is C30H29F2NO9. The summed E-state index contributed by atoms with van der Waals surface area (Å²) < 4.78 is 38.5. The predicted molar refractivity (Wildman–Crippen MR) is 142 cm³/mol. The Morgan fingerprint density at radius 2 is 1.48 bits per heavy atom. The minimum atomic E-state index is -1.90. The molecule has 0 aromatic heterocycles. The molecule has 2 saturated heterocycles. The summed E-state index contributed by atoms with van der Waals surface area (Å²) in [4.78, 5) is 26.5. The van der Waals surface area contributed by atoms with Gasteiger partial charge in [-0.3, -0.25) is 4.79 Å². The van der Waals surface area contributed by atoms with Gasteiger partial charge in [0.1, 0.15) is 35.7 Å². The zero-order valence-corrected chi connectivity index (χ0v) is 22.0. The van der Waals surface area contributed by atoms with Crippen molar-refractivity contribution in [1.29, 1.82) is 0 Å². The summed E-state index contributed by atoms with van der Waals surface area (Å²) in [5, 5.41) is 49.9. The number of carbonyl (C=O) groups excluding carboxylic acids is 1. The molecule has 222 valence electrons. The van der Waals surface area contributed by atoms with Gasteiger partial charge in [-0.05, 0) is 72.5 Å². The van der Waals surface area contributed by atoms with Crippen molar-refractivity contribution in [2.75, 3.05) is 4.90 Å². The molecule has 2 aliphatic rings. The molecule has 0 spiro atoms. The second-order valence-electron chi connectivity index (χ2n) is 10.3. The van der Waals surface area contributed by atoms with Crippen LogP contribution < -0.4 is 4.90 Å². The van der Waals surface area contributed by atoms with Gasteiger partial charge in [0.15, 0.2) is 12.4 Å². The lowest BCUT2D eigenvalue weighted by Crippen LogP contribution is -2.60. The Hall–Kier alpha value is -3.94. The van der Waals surface area contributed by atoms with Gasteiger partial charge in [0.05, 0.1) is 18.1 Å². The van der Waals surface area contributed by atoms with Crippen LogP contribution in [-0.4, -0.2) is 68.1 Å². The van der Waals surface area contributed by atoms with Crippen molar-refractivity contribution < 1.29 is 53.4 Å². The van der Waals surface area contributed by atoms with Crippen molar-refractivity contribution in [1.82, 2.24) is 0 Å². The molecule has 0 radical (unpaired) electrons. The number of benzene rings is 3. The molecule has 1 amide bonds. The Balaban J connectivity index is 1.40. The van der Waals surface area contributed by atoms with E-state index in [4.69, 9.17) is 9.47 Å². The van der Waals surface area contributed by atoms with E-state index in [-0.39, 0.29) is 24.5 Å². The van der Waals surface area contributed by atoms with Crippen molar-refractivity contribution >= 4 is 17.6 Å². The van der Waals surface area contributed by atoms with E-state index in [1.165, 1.54) is 65.6 Å². The molecule has 2 fully saturated rings. The highest BCUT2D eigenvalue weighted by Crippen LogP contribution is 2.47. The Labute approximate surface area is 239 Å². The molecule has 5 N–H and O–H groups in total. The molecule has 12 heteroatoms. The summed E-state index contributed by atoms with van der Waals surface area (Å²) in [7, 11) is 0. The van der Waals surface area contributed by atoms with Gasteiger partial charge in [-0.15, -0.1) is 0 Å². The fourth-order valence-electron chi connectivity index (χ4n) is 5.42. The van der Waals surface area contributed by atoms with Gasteiger partial charge in [-0.2, -0.15) is 0 Å². The van der Waals surface area contributed by atoms with E-state index in [0.717, 1.165) is 0 Å². The average molecular weight is 586 g/mol. The summed E-state index contributed by atoms with van der Waals surface area (Å²) in [5.74, 6) is -3.36. The number of aliphatic hydroxyl groups excluding tert-OH is 3. The number of halogens is 2. The first kappa shape index (κ1) is 29.5. The van der Waals surface area contributed by atoms with Crippen molar-refractivity contribution in [3.8, 4) is 5.75 Å². The highest BCUT2D eigenvalue weighted by atomic mass is 19.1. The lowest BCUT2D eigenvalue weighted by Gasteiger charge is -2.48. The molecule has 0 saturated carbocycles. The molecule has 2 heterocycles. The number of nitrogens with zero attached hydrogens (tertiary/aromatic N) is 1. The second-order valence-corrected chi connectivity index (χ2v) is 10.3. The Bertz CT molecular complexity index is 1400. The quantitative estimate of drug-likeness (QED) is 0.238. The number of amides is 1. The van der Waals surface area contributed by atoms with Crippen LogP contribution in [0.25, 0.3) is 0 Å². The Morgan fingerprint density at radius 3 is 2.07 bits per heavy atom. The van der Waals surface area contributed by atoms with Gasteiger partial charge in [-0.25, -0.2) is 13.6 Å². The van der Waals surface area contributed by atoms with Gasteiger partial charge >= 0.3 is 5.97 Å². The molecule has 5 unspecified atom stereocenters. The Kier molecular flexibility index (Phi) is 8.53. The third-order valence-electron chi connectivity index (χ3n) is 7.65.